The van der Waals surface area contributed by atoms with E-state index in [1.807, 2.05) is 6.07 Å². The minimum absolute atomic E-state index is 0.228. The summed E-state index contributed by atoms with van der Waals surface area (Å²) in [6.45, 7) is 4.43. The third-order valence-corrected chi connectivity index (χ3v) is 4.04. The highest BCUT2D eigenvalue weighted by molar-refractivity contribution is 5.40. The molecule has 0 fully saturated rings. The number of fused-ring (bicyclic) bond motifs is 1. The Hall–Kier alpha value is -1.06. The van der Waals surface area contributed by atoms with Gasteiger partial charge in [0.2, 0.25) is 0 Å². The average Bonchev–Trinajstić information content (AvgIpc) is 2.80. The zero-order valence-corrected chi connectivity index (χ0v) is 11.4. The van der Waals surface area contributed by atoms with E-state index in [1.54, 1.807) is 7.11 Å². The Morgan fingerprint density at radius 1 is 1.44 bits per heavy atom. The molecule has 1 aliphatic rings. The molecule has 0 radical (unpaired) electrons. The van der Waals surface area contributed by atoms with Crippen LogP contribution >= 0.6 is 0 Å². The number of hydrogen-bond donors (Lipinski definition) is 2. The highest BCUT2D eigenvalue weighted by Crippen LogP contribution is 2.34. The van der Waals surface area contributed by atoms with E-state index in [2.05, 4.69) is 31.3 Å². The first-order valence-corrected chi connectivity index (χ1v) is 6.69. The van der Waals surface area contributed by atoms with Gasteiger partial charge in [0.1, 0.15) is 5.75 Å². The van der Waals surface area contributed by atoms with E-state index >= 15 is 0 Å². The Labute approximate surface area is 109 Å². The molecule has 18 heavy (non-hydrogen) atoms. The second kappa shape index (κ2) is 5.72. The summed E-state index contributed by atoms with van der Waals surface area (Å²) in [6.07, 6.45) is 2.25. The second-order valence-electron chi connectivity index (χ2n) is 5.27. The molecule has 100 valence electrons. The van der Waals surface area contributed by atoms with Gasteiger partial charge in [-0.15, -0.1) is 0 Å². The highest BCUT2D eigenvalue weighted by Gasteiger charge is 2.25. The topological polar surface area (TPSA) is 41.5 Å². The maximum atomic E-state index is 9.20. The molecule has 0 bridgehead atoms. The van der Waals surface area contributed by atoms with Crippen molar-refractivity contribution in [3.63, 3.8) is 0 Å². The van der Waals surface area contributed by atoms with Gasteiger partial charge in [-0.2, -0.15) is 0 Å². The van der Waals surface area contributed by atoms with Crippen LogP contribution in [0.2, 0.25) is 0 Å². The average molecular weight is 249 g/mol. The molecule has 0 saturated carbocycles. The lowest BCUT2D eigenvalue weighted by Crippen LogP contribution is -2.36. The SMILES string of the molecule is COc1ccc2c(c1)C(NC(C)C(C)CO)CC2. The van der Waals surface area contributed by atoms with Gasteiger partial charge in [-0.1, -0.05) is 13.0 Å². The molecule has 1 aromatic rings. The zero-order chi connectivity index (χ0) is 13.1. The maximum Gasteiger partial charge on any atom is 0.119 e. The van der Waals surface area contributed by atoms with E-state index in [0.717, 1.165) is 18.6 Å². The summed E-state index contributed by atoms with van der Waals surface area (Å²) in [4.78, 5) is 0. The molecular formula is C15H23NO2. The smallest absolute Gasteiger partial charge is 0.119 e. The molecule has 0 amide bonds. The monoisotopic (exact) mass is 249 g/mol. The lowest BCUT2D eigenvalue weighted by Gasteiger charge is -2.24. The third kappa shape index (κ3) is 2.68. The van der Waals surface area contributed by atoms with Gasteiger partial charge in [-0.25, -0.2) is 0 Å². The summed E-state index contributed by atoms with van der Waals surface area (Å²) in [6, 6.07) is 7.03. The predicted octanol–water partition coefficient (Wildman–Crippen LogP) is 2.29. The normalized spacial score (nSPS) is 21.4. The maximum absolute atomic E-state index is 9.20. The van der Waals surface area contributed by atoms with Crippen molar-refractivity contribution < 1.29 is 9.84 Å². The van der Waals surface area contributed by atoms with Crippen molar-refractivity contribution >= 4 is 0 Å². The molecule has 3 nitrogen and oxygen atoms in total. The van der Waals surface area contributed by atoms with Crippen LogP contribution in [0.5, 0.6) is 5.75 Å². The van der Waals surface area contributed by atoms with E-state index in [9.17, 15) is 5.11 Å². The van der Waals surface area contributed by atoms with Gasteiger partial charge < -0.3 is 15.2 Å². The fraction of sp³-hybridized carbons (Fsp3) is 0.600. The van der Waals surface area contributed by atoms with Crippen molar-refractivity contribution in [2.75, 3.05) is 13.7 Å². The molecule has 0 saturated heterocycles. The van der Waals surface area contributed by atoms with Crippen LogP contribution < -0.4 is 10.1 Å². The minimum Gasteiger partial charge on any atom is -0.497 e. The van der Waals surface area contributed by atoms with E-state index < -0.39 is 0 Å². The summed E-state index contributed by atoms with van der Waals surface area (Å²) >= 11 is 0. The quantitative estimate of drug-likeness (QED) is 0.841. The van der Waals surface area contributed by atoms with E-state index in [1.165, 1.54) is 11.1 Å². The molecule has 0 spiro atoms. The fourth-order valence-corrected chi connectivity index (χ4v) is 2.52. The third-order valence-electron chi connectivity index (χ3n) is 4.04. The number of methoxy groups -OCH3 is 1. The van der Waals surface area contributed by atoms with Gasteiger partial charge in [-0.05, 0) is 48.9 Å². The molecular weight excluding hydrogens is 226 g/mol. The molecule has 1 aromatic carbocycles. The van der Waals surface area contributed by atoms with Crippen molar-refractivity contribution in [3.05, 3.63) is 29.3 Å². The van der Waals surface area contributed by atoms with Gasteiger partial charge in [0, 0.05) is 18.7 Å². The fourth-order valence-electron chi connectivity index (χ4n) is 2.52. The minimum atomic E-state index is 0.228. The van der Waals surface area contributed by atoms with Crippen LogP contribution in [0.1, 0.15) is 37.4 Å². The lowest BCUT2D eigenvalue weighted by molar-refractivity contribution is 0.200. The van der Waals surface area contributed by atoms with E-state index in [-0.39, 0.29) is 12.5 Å². The van der Waals surface area contributed by atoms with Crippen molar-refractivity contribution in [2.24, 2.45) is 5.92 Å². The number of nitrogens with one attached hydrogen (secondary N) is 1. The highest BCUT2D eigenvalue weighted by atomic mass is 16.5. The summed E-state index contributed by atoms with van der Waals surface area (Å²) in [5, 5.41) is 12.8. The molecule has 2 rings (SSSR count). The zero-order valence-electron chi connectivity index (χ0n) is 11.4. The molecule has 3 atom stereocenters. The second-order valence-corrected chi connectivity index (χ2v) is 5.27. The van der Waals surface area contributed by atoms with Crippen molar-refractivity contribution in [1.29, 1.82) is 0 Å². The Bertz CT molecular complexity index is 405. The van der Waals surface area contributed by atoms with Gasteiger partial charge in [-0.3, -0.25) is 0 Å². The first-order chi connectivity index (χ1) is 8.65. The molecule has 3 unspecified atom stereocenters. The number of aliphatic hydroxyl groups is 1. The van der Waals surface area contributed by atoms with Crippen LogP contribution in [0.3, 0.4) is 0 Å². The number of aryl methyl sites for hydroxylation is 1. The van der Waals surface area contributed by atoms with Gasteiger partial charge in [0.15, 0.2) is 0 Å². The summed E-state index contributed by atoms with van der Waals surface area (Å²) in [5.41, 5.74) is 2.77. The number of rotatable bonds is 5. The van der Waals surface area contributed by atoms with Crippen molar-refractivity contribution in [1.82, 2.24) is 5.32 Å². The predicted molar refractivity (Wildman–Crippen MR) is 72.9 cm³/mol. The lowest BCUT2D eigenvalue weighted by atomic mass is 10.0. The van der Waals surface area contributed by atoms with Gasteiger partial charge in [0.25, 0.3) is 0 Å². The summed E-state index contributed by atoms with van der Waals surface area (Å²) in [5.74, 6) is 1.20. The summed E-state index contributed by atoms with van der Waals surface area (Å²) < 4.78 is 5.29. The van der Waals surface area contributed by atoms with Crippen LogP contribution in [-0.2, 0) is 6.42 Å². The molecule has 3 heteroatoms. The van der Waals surface area contributed by atoms with Gasteiger partial charge in [0.05, 0.1) is 7.11 Å². The van der Waals surface area contributed by atoms with Gasteiger partial charge >= 0.3 is 0 Å². The Balaban J connectivity index is 2.10. The van der Waals surface area contributed by atoms with E-state index in [0.29, 0.717) is 12.1 Å². The van der Waals surface area contributed by atoms with Crippen molar-refractivity contribution in [3.8, 4) is 5.75 Å². The molecule has 2 N–H and O–H groups in total. The van der Waals surface area contributed by atoms with Crippen LogP contribution in [0.4, 0.5) is 0 Å². The van der Waals surface area contributed by atoms with Crippen molar-refractivity contribution in [2.45, 2.75) is 38.8 Å². The van der Waals surface area contributed by atoms with Crippen LogP contribution in [-0.4, -0.2) is 24.9 Å². The number of ether oxygens (including phenoxy) is 1. The molecule has 1 aliphatic carbocycles. The van der Waals surface area contributed by atoms with Crippen LogP contribution in [0.25, 0.3) is 0 Å². The van der Waals surface area contributed by atoms with Crippen LogP contribution in [0, 0.1) is 5.92 Å². The number of benzene rings is 1. The molecule has 0 aromatic heterocycles. The molecule has 0 heterocycles. The first-order valence-electron chi connectivity index (χ1n) is 6.69. The van der Waals surface area contributed by atoms with Crippen LogP contribution in [0.15, 0.2) is 18.2 Å². The number of aliphatic hydroxyl groups excluding tert-OH is 1. The summed E-state index contributed by atoms with van der Waals surface area (Å²) in [7, 11) is 1.70. The Morgan fingerprint density at radius 3 is 2.89 bits per heavy atom. The Kier molecular flexibility index (Phi) is 4.25. The molecule has 0 aliphatic heterocycles. The largest absolute Gasteiger partial charge is 0.497 e. The number of hydrogen-bond acceptors (Lipinski definition) is 3. The first kappa shape index (κ1) is 13.4. The Morgan fingerprint density at radius 2 is 2.22 bits per heavy atom. The standard InChI is InChI=1S/C15H23NO2/c1-10(9-17)11(2)16-15-7-5-12-4-6-13(18-3)8-14(12)15/h4,6,8,10-11,15-17H,5,7,9H2,1-3H3. The van der Waals surface area contributed by atoms with E-state index in [4.69, 9.17) is 4.74 Å².